The molecule has 0 radical (unpaired) electrons. The molecule has 3 rings (SSSR count). The lowest BCUT2D eigenvalue weighted by Crippen LogP contribution is -2.51. The number of benzene rings is 1. The summed E-state index contributed by atoms with van der Waals surface area (Å²) in [6, 6.07) is 6.38. The summed E-state index contributed by atoms with van der Waals surface area (Å²) in [6.45, 7) is 3.56. The van der Waals surface area contributed by atoms with Crippen molar-refractivity contribution in [2.24, 2.45) is 0 Å². The van der Waals surface area contributed by atoms with E-state index in [1.807, 2.05) is 31.2 Å². The number of para-hydroxylation sites is 1. The number of carbonyl (C=O) groups excluding carboxylic acids is 3. The number of urea groups is 1. The van der Waals surface area contributed by atoms with Crippen LogP contribution in [-0.4, -0.2) is 43.8 Å². The second-order valence-electron chi connectivity index (χ2n) is 6.24. The molecule has 2 N–H and O–H groups in total. The molecule has 2 heterocycles. The van der Waals surface area contributed by atoms with E-state index >= 15 is 0 Å². The van der Waals surface area contributed by atoms with Crippen molar-refractivity contribution in [2.45, 2.75) is 26.3 Å². The number of hydrogen-bond acceptors (Lipinski definition) is 6. The van der Waals surface area contributed by atoms with E-state index in [1.165, 1.54) is 0 Å². The van der Waals surface area contributed by atoms with E-state index in [4.69, 9.17) is 14.2 Å². The summed E-state index contributed by atoms with van der Waals surface area (Å²) in [5, 5.41) is 5.21. The molecule has 2 aliphatic rings. The van der Waals surface area contributed by atoms with Gasteiger partial charge in [-0.2, -0.15) is 0 Å². The molecule has 148 valence electrons. The molecular formula is C20H22N2O6. The molecule has 0 saturated carbocycles. The summed E-state index contributed by atoms with van der Waals surface area (Å²) >= 11 is 0. The smallest absolute Gasteiger partial charge is 0.338 e. The predicted molar refractivity (Wildman–Crippen MR) is 100 cm³/mol. The Morgan fingerprint density at radius 2 is 1.96 bits per heavy atom. The molecule has 2 amide bonds. The van der Waals surface area contributed by atoms with Crippen molar-refractivity contribution >= 4 is 24.0 Å². The third kappa shape index (κ3) is 4.16. The molecule has 8 nitrogen and oxygen atoms in total. The van der Waals surface area contributed by atoms with Gasteiger partial charge in [-0.25, -0.2) is 14.4 Å². The zero-order chi connectivity index (χ0) is 20.1. The molecule has 8 heteroatoms. The molecular weight excluding hydrogens is 364 g/mol. The van der Waals surface area contributed by atoms with Crippen LogP contribution in [0.15, 0.2) is 41.1 Å². The number of fused-ring (bicyclic) bond motifs is 1. The molecule has 0 fully saturated rings. The maximum Gasteiger partial charge on any atom is 0.338 e. The fraction of sp³-hybridized carbons (Fsp3) is 0.350. The Kier molecular flexibility index (Phi) is 5.98. The van der Waals surface area contributed by atoms with Crippen molar-refractivity contribution in [1.29, 1.82) is 0 Å². The van der Waals surface area contributed by atoms with E-state index in [9.17, 15) is 14.4 Å². The third-order valence-corrected chi connectivity index (χ3v) is 4.39. The van der Waals surface area contributed by atoms with Crippen LogP contribution < -0.4 is 15.4 Å². The van der Waals surface area contributed by atoms with Gasteiger partial charge in [-0.15, -0.1) is 0 Å². The molecule has 1 aromatic carbocycles. The van der Waals surface area contributed by atoms with Gasteiger partial charge in [-0.1, -0.05) is 25.1 Å². The van der Waals surface area contributed by atoms with Gasteiger partial charge in [0.1, 0.15) is 19.0 Å². The summed E-state index contributed by atoms with van der Waals surface area (Å²) < 4.78 is 16.0. The highest BCUT2D eigenvalue weighted by Gasteiger charge is 2.32. The van der Waals surface area contributed by atoms with Crippen LogP contribution in [0.2, 0.25) is 0 Å². The van der Waals surface area contributed by atoms with Gasteiger partial charge in [0.15, 0.2) is 0 Å². The Bertz CT molecular complexity index is 858. The maximum absolute atomic E-state index is 12.4. The zero-order valence-electron chi connectivity index (χ0n) is 15.7. The predicted octanol–water partition coefficient (Wildman–Crippen LogP) is 1.91. The van der Waals surface area contributed by atoms with E-state index in [-0.39, 0.29) is 31.1 Å². The average molecular weight is 386 g/mol. The van der Waals surface area contributed by atoms with Gasteiger partial charge < -0.3 is 24.8 Å². The van der Waals surface area contributed by atoms with E-state index in [0.29, 0.717) is 17.7 Å². The highest BCUT2D eigenvalue weighted by molar-refractivity contribution is 5.96. The summed E-state index contributed by atoms with van der Waals surface area (Å²) in [5.74, 6) is -0.434. The molecule has 2 aliphatic heterocycles. The first kappa shape index (κ1) is 19.5. The lowest BCUT2D eigenvalue weighted by atomic mass is 10.0. The van der Waals surface area contributed by atoms with Gasteiger partial charge >= 0.3 is 18.0 Å². The Morgan fingerprint density at radius 1 is 1.18 bits per heavy atom. The first-order valence-electron chi connectivity index (χ1n) is 9.10. The van der Waals surface area contributed by atoms with Gasteiger partial charge in [-0.05, 0) is 25.5 Å². The lowest BCUT2D eigenvalue weighted by Gasteiger charge is -2.28. The molecule has 0 saturated heterocycles. The second kappa shape index (κ2) is 8.60. The fourth-order valence-corrected chi connectivity index (χ4v) is 3.04. The molecule has 1 atom stereocenters. The minimum atomic E-state index is -0.578. The van der Waals surface area contributed by atoms with Gasteiger partial charge in [0.2, 0.25) is 0 Å². The van der Waals surface area contributed by atoms with E-state index in [0.717, 1.165) is 5.56 Å². The third-order valence-electron chi connectivity index (χ3n) is 4.39. The number of esters is 2. The number of ether oxygens (including phenoxy) is 3. The molecule has 0 spiro atoms. The lowest BCUT2D eigenvalue weighted by molar-refractivity contribution is -0.141. The molecule has 0 bridgehead atoms. The van der Waals surface area contributed by atoms with Gasteiger partial charge in [-0.3, -0.25) is 0 Å². The number of amides is 2. The Labute approximate surface area is 162 Å². The first-order chi connectivity index (χ1) is 13.5. The van der Waals surface area contributed by atoms with Crippen LogP contribution >= 0.6 is 0 Å². The molecule has 0 unspecified atom stereocenters. The summed E-state index contributed by atoms with van der Waals surface area (Å²) in [4.78, 5) is 36.6. The zero-order valence-corrected chi connectivity index (χ0v) is 15.7. The van der Waals surface area contributed by atoms with Crippen molar-refractivity contribution in [3.05, 3.63) is 46.7 Å². The number of nitrogens with one attached hydrogen (secondary N) is 2. The van der Waals surface area contributed by atoms with E-state index < -0.39 is 24.0 Å². The molecule has 0 aromatic heterocycles. The molecule has 1 aromatic rings. The molecule has 0 aliphatic carbocycles. The Morgan fingerprint density at radius 3 is 2.71 bits per heavy atom. The van der Waals surface area contributed by atoms with Crippen LogP contribution in [-0.2, 0) is 19.1 Å². The Balaban J connectivity index is 1.77. The van der Waals surface area contributed by atoms with Crippen LogP contribution in [0.5, 0.6) is 5.75 Å². The van der Waals surface area contributed by atoms with Crippen LogP contribution in [0.1, 0.15) is 25.8 Å². The highest BCUT2D eigenvalue weighted by atomic mass is 16.5. The van der Waals surface area contributed by atoms with Crippen LogP contribution in [0.25, 0.3) is 6.08 Å². The number of hydrogen-bond donors (Lipinski definition) is 2. The highest BCUT2D eigenvalue weighted by Crippen LogP contribution is 2.26. The average Bonchev–Trinajstić information content (AvgIpc) is 2.71. The van der Waals surface area contributed by atoms with Gasteiger partial charge in [0.25, 0.3) is 0 Å². The van der Waals surface area contributed by atoms with E-state index in [1.54, 1.807) is 13.0 Å². The summed E-state index contributed by atoms with van der Waals surface area (Å²) in [7, 11) is 0. The summed E-state index contributed by atoms with van der Waals surface area (Å²) in [6.07, 6.45) is 2.20. The first-order valence-corrected chi connectivity index (χ1v) is 9.10. The number of carbonyl (C=O) groups is 3. The van der Waals surface area contributed by atoms with Crippen LogP contribution in [0, 0.1) is 0 Å². The second-order valence-corrected chi connectivity index (χ2v) is 6.24. The normalized spacial score (nSPS) is 18.1. The maximum atomic E-state index is 12.4. The largest absolute Gasteiger partial charge is 0.488 e. The fourth-order valence-electron chi connectivity index (χ4n) is 3.04. The van der Waals surface area contributed by atoms with Crippen molar-refractivity contribution in [1.82, 2.24) is 10.6 Å². The van der Waals surface area contributed by atoms with Crippen molar-refractivity contribution in [3.8, 4) is 5.75 Å². The topological polar surface area (TPSA) is 103 Å². The van der Waals surface area contributed by atoms with E-state index in [2.05, 4.69) is 10.6 Å². The number of rotatable bonds is 6. The standard InChI is InChI=1S/C20H22N2O6/c1-3-14-17(19(24)26-4-2)15(22-20(25)21-14)11-28-18(23)13-9-12-7-5-6-8-16(12)27-10-13/h5-9,14H,3-4,10-11H2,1-2H3,(H2,21,22,25)/t14-/m1/s1. The van der Waals surface area contributed by atoms with Crippen molar-refractivity contribution in [3.63, 3.8) is 0 Å². The van der Waals surface area contributed by atoms with Gasteiger partial charge in [0, 0.05) is 5.56 Å². The van der Waals surface area contributed by atoms with Crippen LogP contribution in [0.4, 0.5) is 4.79 Å². The minimum Gasteiger partial charge on any atom is -0.488 e. The minimum absolute atomic E-state index is 0.0884. The quantitative estimate of drug-likeness (QED) is 0.724. The Hall–Kier alpha value is -3.29. The van der Waals surface area contributed by atoms with Crippen LogP contribution in [0.3, 0.4) is 0 Å². The summed E-state index contributed by atoms with van der Waals surface area (Å²) in [5.41, 5.74) is 1.62. The van der Waals surface area contributed by atoms with Crippen molar-refractivity contribution < 1.29 is 28.6 Å². The molecule has 28 heavy (non-hydrogen) atoms. The SMILES string of the molecule is CCOC(=O)C1=C(COC(=O)C2=Cc3ccccc3OC2)NC(=O)N[C@@H]1CC. The van der Waals surface area contributed by atoms with Gasteiger partial charge in [0.05, 0.1) is 29.5 Å². The monoisotopic (exact) mass is 386 g/mol. The van der Waals surface area contributed by atoms with Crippen molar-refractivity contribution in [2.75, 3.05) is 19.8 Å².